The molecule has 0 amide bonds. The van der Waals surface area contributed by atoms with E-state index in [1.54, 1.807) is 6.07 Å². The number of nitro groups is 1. The van der Waals surface area contributed by atoms with Gasteiger partial charge in [0.2, 0.25) is 0 Å². The predicted molar refractivity (Wildman–Crippen MR) is 78.2 cm³/mol. The molecule has 1 aliphatic rings. The summed E-state index contributed by atoms with van der Waals surface area (Å²) in [6, 6.07) is 5.69. The molecule has 1 atom stereocenters. The molecule has 1 heterocycles. The first-order valence-corrected chi connectivity index (χ1v) is 7.28. The molecule has 2 rings (SSSR count). The molecule has 0 aliphatic carbocycles. The molecule has 1 unspecified atom stereocenters. The largest absolute Gasteiger partial charge is 0.315 e. The van der Waals surface area contributed by atoms with Crippen molar-refractivity contribution >= 4 is 21.6 Å². The number of halogens is 1. The van der Waals surface area contributed by atoms with Crippen LogP contribution < -0.4 is 5.32 Å². The summed E-state index contributed by atoms with van der Waals surface area (Å²) < 4.78 is 0.761. The minimum absolute atomic E-state index is 0.143. The molecule has 0 spiro atoms. The summed E-state index contributed by atoms with van der Waals surface area (Å²) in [6.45, 7) is 5.89. The Labute approximate surface area is 121 Å². The summed E-state index contributed by atoms with van der Waals surface area (Å²) in [7, 11) is 0. The van der Waals surface area contributed by atoms with Gasteiger partial charge >= 0.3 is 0 Å². The molecule has 6 heteroatoms. The average molecular weight is 328 g/mol. The zero-order valence-electron chi connectivity index (χ0n) is 10.9. The fourth-order valence-corrected chi connectivity index (χ4v) is 3.04. The van der Waals surface area contributed by atoms with Crippen molar-refractivity contribution in [3.05, 3.63) is 38.3 Å². The third kappa shape index (κ3) is 3.75. The van der Waals surface area contributed by atoms with Crippen LogP contribution in [0.25, 0.3) is 0 Å². The van der Waals surface area contributed by atoms with Crippen molar-refractivity contribution in [2.75, 3.05) is 19.6 Å². The summed E-state index contributed by atoms with van der Waals surface area (Å²) in [5, 5.41) is 14.2. The van der Waals surface area contributed by atoms with Crippen LogP contribution in [-0.2, 0) is 6.54 Å². The quantitative estimate of drug-likeness (QED) is 0.667. The van der Waals surface area contributed by atoms with Gasteiger partial charge in [0.15, 0.2) is 0 Å². The van der Waals surface area contributed by atoms with E-state index in [1.165, 1.54) is 6.07 Å². The van der Waals surface area contributed by atoms with Crippen molar-refractivity contribution in [1.82, 2.24) is 10.2 Å². The van der Waals surface area contributed by atoms with Crippen LogP contribution in [0.4, 0.5) is 5.69 Å². The fraction of sp³-hybridized carbons (Fsp3) is 0.538. The Morgan fingerprint density at radius 1 is 1.53 bits per heavy atom. The molecular weight excluding hydrogens is 310 g/mol. The second kappa shape index (κ2) is 6.45. The molecule has 104 valence electrons. The Kier molecular flexibility index (Phi) is 4.90. The van der Waals surface area contributed by atoms with Crippen LogP contribution in [0, 0.1) is 10.1 Å². The van der Waals surface area contributed by atoms with Gasteiger partial charge in [-0.3, -0.25) is 15.0 Å². The number of likely N-dealkylation sites (N-methyl/N-ethyl adjacent to an activating group) is 1. The van der Waals surface area contributed by atoms with E-state index in [9.17, 15) is 10.1 Å². The highest BCUT2D eigenvalue weighted by Gasteiger charge is 2.21. The molecule has 0 bridgehead atoms. The second-order valence-electron chi connectivity index (χ2n) is 4.78. The van der Waals surface area contributed by atoms with Gasteiger partial charge in [0.1, 0.15) is 0 Å². The van der Waals surface area contributed by atoms with E-state index in [2.05, 4.69) is 33.1 Å². The van der Waals surface area contributed by atoms with Gasteiger partial charge in [0.05, 0.1) is 4.92 Å². The normalized spacial score (nSPS) is 19.0. The van der Waals surface area contributed by atoms with Crippen LogP contribution in [-0.4, -0.2) is 35.5 Å². The van der Waals surface area contributed by atoms with Crippen molar-refractivity contribution in [3.8, 4) is 0 Å². The van der Waals surface area contributed by atoms with Gasteiger partial charge in [-0.25, -0.2) is 0 Å². The summed E-state index contributed by atoms with van der Waals surface area (Å²) in [4.78, 5) is 12.9. The van der Waals surface area contributed by atoms with Crippen LogP contribution in [0.1, 0.15) is 18.9 Å². The van der Waals surface area contributed by atoms with Crippen LogP contribution in [0.15, 0.2) is 22.7 Å². The third-order valence-electron chi connectivity index (χ3n) is 3.50. The van der Waals surface area contributed by atoms with Crippen LogP contribution >= 0.6 is 15.9 Å². The van der Waals surface area contributed by atoms with E-state index in [-0.39, 0.29) is 10.6 Å². The Morgan fingerprint density at radius 2 is 2.32 bits per heavy atom. The van der Waals surface area contributed by atoms with Gasteiger partial charge in [-0.15, -0.1) is 0 Å². The standard InChI is InChI=1S/C13H18BrN3O2/c1-2-16(12-3-4-15-8-12)9-10-5-11(14)7-13(6-10)17(18)19/h5-7,12,15H,2-4,8-9H2,1H3. The first-order valence-electron chi connectivity index (χ1n) is 6.48. The van der Waals surface area contributed by atoms with Gasteiger partial charge in [0, 0.05) is 35.7 Å². The van der Waals surface area contributed by atoms with Crippen molar-refractivity contribution in [1.29, 1.82) is 0 Å². The average Bonchev–Trinajstić information content (AvgIpc) is 2.89. The number of hydrogen-bond donors (Lipinski definition) is 1. The molecule has 5 nitrogen and oxygen atoms in total. The lowest BCUT2D eigenvalue weighted by molar-refractivity contribution is -0.385. The molecular formula is C13H18BrN3O2. The lowest BCUT2D eigenvalue weighted by Gasteiger charge is -2.26. The monoisotopic (exact) mass is 327 g/mol. The van der Waals surface area contributed by atoms with E-state index in [1.807, 2.05) is 6.07 Å². The maximum atomic E-state index is 10.9. The molecule has 1 saturated heterocycles. The molecule has 1 N–H and O–H groups in total. The van der Waals surface area contributed by atoms with E-state index < -0.39 is 0 Å². The van der Waals surface area contributed by atoms with Gasteiger partial charge in [0.25, 0.3) is 5.69 Å². The summed E-state index contributed by atoms with van der Waals surface area (Å²) in [5.41, 5.74) is 1.12. The number of nitrogens with one attached hydrogen (secondary N) is 1. The highest BCUT2D eigenvalue weighted by atomic mass is 79.9. The Bertz CT molecular complexity index is 461. The third-order valence-corrected chi connectivity index (χ3v) is 3.95. The molecule has 1 aliphatic heterocycles. The second-order valence-corrected chi connectivity index (χ2v) is 5.70. The van der Waals surface area contributed by atoms with Crippen molar-refractivity contribution < 1.29 is 4.92 Å². The summed E-state index contributed by atoms with van der Waals surface area (Å²) >= 11 is 3.34. The number of benzene rings is 1. The Balaban J connectivity index is 2.14. The first-order chi connectivity index (χ1) is 9.10. The molecule has 0 radical (unpaired) electrons. The highest BCUT2D eigenvalue weighted by Crippen LogP contribution is 2.23. The minimum atomic E-state index is -0.346. The highest BCUT2D eigenvalue weighted by molar-refractivity contribution is 9.10. The lowest BCUT2D eigenvalue weighted by Crippen LogP contribution is -2.36. The molecule has 1 aromatic carbocycles. The summed E-state index contributed by atoms with van der Waals surface area (Å²) in [6.07, 6.45) is 1.14. The van der Waals surface area contributed by atoms with E-state index >= 15 is 0 Å². The van der Waals surface area contributed by atoms with Crippen LogP contribution in [0.3, 0.4) is 0 Å². The lowest BCUT2D eigenvalue weighted by atomic mass is 10.1. The molecule has 1 aromatic rings. The molecule has 19 heavy (non-hydrogen) atoms. The Morgan fingerprint density at radius 3 is 2.89 bits per heavy atom. The zero-order chi connectivity index (χ0) is 13.8. The fourth-order valence-electron chi connectivity index (χ4n) is 2.51. The van der Waals surface area contributed by atoms with Crippen LogP contribution in [0.2, 0.25) is 0 Å². The maximum absolute atomic E-state index is 10.9. The number of nitro benzene ring substituents is 1. The van der Waals surface area contributed by atoms with Crippen LogP contribution in [0.5, 0.6) is 0 Å². The Hall–Kier alpha value is -0.980. The van der Waals surface area contributed by atoms with E-state index in [0.717, 1.165) is 42.6 Å². The summed E-state index contributed by atoms with van der Waals surface area (Å²) in [5.74, 6) is 0. The SMILES string of the molecule is CCN(Cc1cc(Br)cc([N+](=O)[O-])c1)C1CCNC1. The van der Waals surface area contributed by atoms with Crippen molar-refractivity contribution in [3.63, 3.8) is 0 Å². The molecule has 0 saturated carbocycles. The van der Waals surface area contributed by atoms with Gasteiger partial charge in [-0.1, -0.05) is 22.9 Å². The molecule has 1 fully saturated rings. The number of nitrogens with zero attached hydrogens (tertiary/aromatic N) is 2. The molecule has 0 aromatic heterocycles. The van der Waals surface area contributed by atoms with E-state index in [4.69, 9.17) is 0 Å². The number of hydrogen-bond acceptors (Lipinski definition) is 4. The zero-order valence-corrected chi connectivity index (χ0v) is 12.5. The van der Waals surface area contributed by atoms with Gasteiger partial charge in [-0.05, 0) is 31.1 Å². The number of non-ortho nitro benzene ring substituents is 1. The minimum Gasteiger partial charge on any atom is -0.315 e. The van der Waals surface area contributed by atoms with Gasteiger partial charge in [-0.2, -0.15) is 0 Å². The maximum Gasteiger partial charge on any atom is 0.270 e. The smallest absolute Gasteiger partial charge is 0.270 e. The first kappa shape index (κ1) is 14.4. The topological polar surface area (TPSA) is 58.4 Å². The van der Waals surface area contributed by atoms with Crippen molar-refractivity contribution in [2.45, 2.75) is 25.9 Å². The predicted octanol–water partition coefficient (Wildman–Crippen LogP) is 2.54. The van der Waals surface area contributed by atoms with Crippen molar-refractivity contribution in [2.24, 2.45) is 0 Å². The van der Waals surface area contributed by atoms with Gasteiger partial charge < -0.3 is 5.32 Å². The number of rotatable bonds is 5. The van der Waals surface area contributed by atoms with E-state index in [0.29, 0.717) is 6.04 Å².